The minimum absolute atomic E-state index is 0.439. The average Bonchev–Trinajstić information content (AvgIpc) is 2.56. The molecule has 0 bridgehead atoms. The molecule has 0 saturated heterocycles. The van der Waals surface area contributed by atoms with Crippen molar-refractivity contribution in [3.8, 4) is 0 Å². The van der Waals surface area contributed by atoms with Gasteiger partial charge in [0.25, 0.3) is 0 Å². The van der Waals surface area contributed by atoms with E-state index in [9.17, 15) is 4.79 Å². The van der Waals surface area contributed by atoms with E-state index >= 15 is 0 Å². The van der Waals surface area contributed by atoms with Gasteiger partial charge in [-0.25, -0.2) is 4.98 Å². The molecule has 13 heavy (non-hydrogen) atoms. The number of imidazole rings is 1. The third-order valence-corrected chi connectivity index (χ3v) is 1.86. The summed E-state index contributed by atoms with van der Waals surface area (Å²) in [7, 11) is 0. The molecule has 5 nitrogen and oxygen atoms in total. The summed E-state index contributed by atoms with van der Waals surface area (Å²) in [6.07, 6.45) is 6.77. The number of carbonyl (C=O) groups is 1. The first-order valence-corrected chi connectivity index (χ1v) is 4.21. The molecule has 1 aromatic rings. The zero-order valence-corrected chi connectivity index (χ0v) is 7.39. The highest BCUT2D eigenvalue weighted by Gasteiger charge is 2.07. The predicted octanol–water partition coefficient (Wildman–Crippen LogP) is -0.524. The van der Waals surface area contributed by atoms with Gasteiger partial charge in [0.05, 0.1) is 12.4 Å². The number of primary amides is 1. The molecule has 1 aromatic heterocycles. The van der Waals surface area contributed by atoms with Gasteiger partial charge in [0.2, 0.25) is 5.91 Å². The Labute approximate surface area is 76.7 Å². The van der Waals surface area contributed by atoms with E-state index < -0.39 is 11.9 Å². The van der Waals surface area contributed by atoms with Crippen molar-refractivity contribution in [2.45, 2.75) is 25.4 Å². The molecular weight excluding hydrogens is 168 g/mol. The van der Waals surface area contributed by atoms with Crippen molar-refractivity contribution in [3.63, 3.8) is 0 Å². The Morgan fingerprint density at radius 3 is 2.92 bits per heavy atom. The fraction of sp³-hybridized carbons (Fsp3) is 0.500. The molecule has 0 fully saturated rings. The smallest absolute Gasteiger partial charge is 0.234 e. The summed E-state index contributed by atoms with van der Waals surface area (Å²) in [4.78, 5) is 14.5. The summed E-state index contributed by atoms with van der Waals surface area (Å²) in [5.41, 5.74) is 10.5. The van der Waals surface area contributed by atoms with E-state index in [-0.39, 0.29) is 0 Å². The molecule has 0 aromatic carbocycles. The van der Waals surface area contributed by atoms with Crippen LogP contribution in [-0.4, -0.2) is 21.5 Å². The lowest BCUT2D eigenvalue weighted by Gasteiger charge is -2.06. The van der Waals surface area contributed by atoms with E-state index in [0.29, 0.717) is 6.42 Å². The van der Waals surface area contributed by atoms with E-state index in [1.54, 1.807) is 12.5 Å². The van der Waals surface area contributed by atoms with Gasteiger partial charge in [-0.1, -0.05) is 0 Å². The molecule has 0 saturated carbocycles. The zero-order valence-electron chi connectivity index (χ0n) is 7.39. The fourth-order valence-electron chi connectivity index (χ4n) is 1.06. The maximum atomic E-state index is 10.6. The van der Waals surface area contributed by atoms with Gasteiger partial charge in [-0.15, -0.1) is 0 Å². The van der Waals surface area contributed by atoms with Crippen LogP contribution in [0.25, 0.3) is 0 Å². The Kier molecular flexibility index (Phi) is 3.45. The minimum atomic E-state index is -0.525. The standard InChI is InChI=1S/C8H14N4O/c9-7(8(10)13)2-1-4-12-5-3-11-6-12/h3,5-7H,1-2,4,9H2,(H2,10,13). The second kappa shape index (κ2) is 4.61. The van der Waals surface area contributed by atoms with Crippen LogP contribution < -0.4 is 11.5 Å². The van der Waals surface area contributed by atoms with Gasteiger partial charge in [0.15, 0.2) is 0 Å². The van der Waals surface area contributed by atoms with Crippen LogP contribution in [0.5, 0.6) is 0 Å². The van der Waals surface area contributed by atoms with Gasteiger partial charge in [0.1, 0.15) is 0 Å². The largest absolute Gasteiger partial charge is 0.368 e. The van der Waals surface area contributed by atoms with Gasteiger partial charge >= 0.3 is 0 Å². The Morgan fingerprint density at radius 1 is 1.62 bits per heavy atom. The summed E-state index contributed by atoms with van der Waals surface area (Å²) in [6.45, 7) is 0.820. The molecule has 72 valence electrons. The monoisotopic (exact) mass is 182 g/mol. The maximum Gasteiger partial charge on any atom is 0.234 e. The number of amides is 1. The van der Waals surface area contributed by atoms with Gasteiger partial charge in [-0.2, -0.15) is 0 Å². The van der Waals surface area contributed by atoms with Crippen molar-refractivity contribution >= 4 is 5.91 Å². The van der Waals surface area contributed by atoms with Crippen LogP contribution in [0.3, 0.4) is 0 Å². The second-order valence-electron chi connectivity index (χ2n) is 2.95. The Bertz CT molecular complexity index is 257. The number of aromatic nitrogens is 2. The second-order valence-corrected chi connectivity index (χ2v) is 2.95. The molecule has 0 radical (unpaired) electrons. The van der Waals surface area contributed by atoms with E-state index in [1.165, 1.54) is 0 Å². The molecule has 0 spiro atoms. The lowest BCUT2D eigenvalue weighted by Crippen LogP contribution is -2.36. The highest BCUT2D eigenvalue weighted by atomic mass is 16.1. The summed E-state index contributed by atoms with van der Waals surface area (Å²) in [5, 5.41) is 0. The molecule has 0 aliphatic carbocycles. The first kappa shape index (κ1) is 9.73. The summed E-state index contributed by atoms with van der Waals surface area (Å²) < 4.78 is 1.94. The van der Waals surface area contributed by atoms with Crippen molar-refractivity contribution in [2.75, 3.05) is 0 Å². The highest BCUT2D eigenvalue weighted by Crippen LogP contribution is 1.97. The normalized spacial score (nSPS) is 12.7. The SMILES string of the molecule is NC(=O)C(N)CCCn1ccnc1. The molecule has 0 aliphatic rings. The molecule has 4 N–H and O–H groups in total. The number of hydrogen-bond acceptors (Lipinski definition) is 3. The van der Waals surface area contributed by atoms with E-state index in [1.807, 2.05) is 10.8 Å². The number of carbonyl (C=O) groups excluding carboxylic acids is 1. The van der Waals surface area contributed by atoms with Gasteiger partial charge < -0.3 is 16.0 Å². The summed E-state index contributed by atoms with van der Waals surface area (Å²) in [6, 6.07) is -0.525. The van der Waals surface area contributed by atoms with Crippen molar-refractivity contribution in [3.05, 3.63) is 18.7 Å². The maximum absolute atomic E-state index is 10.6. The predicted molar refractivity (Wildman–Crippen MR) is 48.6 cm³/mol. The van der Waals surface area contributed by atoms with Crippen LogP contribution in [0.4, 0.5) is 0 Å². The summed E-state index contributed by atoms with van der Waals surface area (Å²) in [5.74, 6) is -0.439. The van der Waals surface area contributed by atoms with Crippen molar-refractivity contribution in [1.82, 2.24) is 9.55 Å². The van der Waals surface area contributed by atoms with Gasteiger partial charge in [-0.3, -0.25) is 4.79 Å². The number of nitrogens with zero attached hydrogens (tertiary/aromatic N) is 2. The van der Waals surface area contributed by atoms with Crippen LogP contribution in [0.15, 0.2) is 18.7 Å². The lowest BCUT2D eigenvalue weighted by molar-refractivity contribution is -0.119. The lowest BCUT2D eigenvalue weighted by atomic mass is 10.1. The third-order valence-electron chi connectivity index (χ3n) is 1.86. The van der Waals surface area contributed by atoms with Crippen molar-refractivity contribution in [1.29, 1.82) is 0 Å². The van der Waals surface area contributed by atoms with Crippen LogP contribution in [0, 0.1) is 0 Å². The molecule has 0 aliphatic heterocycles. The Morgan fingerprint density at radius 2 is 2.38 bits per heavy atom. The van der Waals surface area contributed by atoms with Gasteiger partial charge in [-0.05, 0) is 12.8 Å². The van der Waals surface area contributed by atoms with Crippen LogP contribution in [0.1, 0.15) is 12.8 Å². The Hall–Kier alpha value is -1.36. The average molecular weight is 182 g/mol. The van der Waals surface area contributed by atoms with Crippen LogP contribution >= 0.6 is 0 Å². The topological polar surface area (TPSA) is 86.9 Å². The zero-order chi connectivity index (χ0) is 9.68. The number of aryl methyl sites for hydroxylation is 1. The number of nitrogens with two attached hydrogens (primary N) is 2. The quantitative estimate of drug-likeness (QED) is 0.642. The van der Waals surface area contributed by atoms with Gasteiger partial charge in [0, 0.05) is 18.9 Å². The molecule has 5 heteroatoms. The van der Waals surface area contributed by atoms with Crippen molar-refractivity contribution < 1.29 is 4.79 Å². The van der Waals surface area contributed by atoms with E-state index in [2.05, 4.69) is 4.98 Å². The molecule has 1 unspecified atom stereocenters. The number of rotatable bonds is 5. The van der Waals surface area contributed by atoms with Crippen molar-refractivity contribution in [2.24, 2.45) is 11.5 Å². The third kappa shape index (κ3) is 3.25. The van der Waals surface area contributed by atoms with Crippen LogP contribution in [-0.2, 0) is 11.3 Å². The fourth-order valence-corrected chi connectivity index (χ4v) is 1.06. The molecule has 1 amide bonds. The molecule has 1 atom stereocenters. The summed E-state index contributed by atoms with van der Waals surface area (Å²) >= 11 is 0. The Balaban J connectivity index is 2.18. The first-order valence-electron chi connectivity index (χ1n) is 4.21. The van der Waals surface area contributed by atoms with Crippen LogP contribution in [0.2, 0.25) is 0 Å². The minimum Gasteiger partial charge on any atom is -0.368 e. The van der Waals surface area contributed by atoms with E-state index in [0.717, 1.165) is 13.0 Å². The number of hydrogen-bond donors (Lipinski definition) is 2. The molecule has 1 rings (SSSR count). The molecule has 1 heterocycles. The molecular formula is C8H14N4O. The first-order chi connectivity index (χ1) is 6.20. The highest BCUT2D eigenvalue weighted by molar-refractivity contribution is 5.79. The van der Waals surface area contributed by atoms with E-state index in [4.69, 9.17) is 11.5 Å².